The Bertz CT molecular complexity index is 785. The molecule has 1 N–H and O–H groups in total. The summed E-state index contributed by atoms with van der Waals surface area (Å²) in [5, 5.41) is 10.9. The highest BCUT2D eigenvalue weighted by Crippen LogP contribution is 2.21. The highest BCUT2D eigenvalue weighted by atomic mass is 35.5. The van der Waals surface area contributed by atoms with E-state index >= 15 is 0 Å². The van der Waals surface area contributed by atoms with Crippen molar-refractivity contribution in [3.05, 3.63) is 59.4 Å². The highest BCUT2D eigenvalue weighted by Gasteiger charge is 2.09. The Morgan fingerprint density at radius 3 is 2.91 bits per heavy atom. The Morgan fingerprint density at radius 1 is 1.27 bits per heavy atom. The Balaban J connectivity index is 1.62. The number of hydrogen-bond donors (Lipinski definition) is 1. The first-order chi connectivity index (χ1) is 10.6. The van der Waals surface area contributed by atoms with Crippen molar-refractivity contribution in [1.29, 1.82) is 0 Å². The first-order valence-electron chi connectivity index (χ1n) is 7.10. The monoisotopic (exact) mass is 316 g/mol. The Kier molecular flexibility index (Phi) is 4.32. The third kappa shape index (κ3) is 3.24. The van der Waals surface area contributed by atoms with E-state index in [1.165, 1.54) is 0 Å². The number of rotatable bonds is 5. The summed E-state index contributed by atoms with van der Waals surface area (Å²) in [6, 6.07) is 13.3. The van der Waals surface area contributed by atoms with Crippen LogP contribution in [0, 0.1) is 6.92 Å². The summed E-state index contributed by atoms with van der Waals surface area (Å²) >= 11 is 5.98. The van der Waals surface area contributed by atoms with Crippen molar-refractivity contribution in [3.63, 3.8) is 0 Å². The number of ether oxygens (including phenoxy) is 1. The molecule has 22 heavy (non-hydrogen) atoms. The molecule has 1 aromatic heterocycles. The molecule has 0 spiro atoms. The van der Waals surface area contributed by atoms with E-state index in [4.69, 9.17) is 16.3 Å². The van der Waals surface area contributed by atoms with Crippen molar-refractivity contribution < 1.29 is 9.84 Å². The lowest BCUT2D eigenvalue weighted by Gasteiger charge is -2.14. The number of benzene rings is 2. The van der Waals surface area contributed by atoms with Crippen LogP contribution in [0.2, 0.25) is 5.02 Å². The molecule has 4 nitrogen and oxygen atoms in total. The number of fused-ring (bicyclic) bond motifs is 1. The fourth-order valence-electron chi connectivity index (χ4n) is 2.33. The minimum Gasteiger partial charge on any atom is -0.491 e. The standard InChI is InChI=1S/C17H17ClN2O2/c1-12-8-14(6-7-15(12)18)22-10-13(21)9-20-11-19-16-4-2-3-5-17(16)20/h2-8,11,13,21H,9-10H2,1H3/t13-/m1/s1. The van der Waals surface area contributed by atoms with Crippen LogP contribution in [0.3, 0.4) is 0 Å². The first kappa shape index (κ1) is 14.9. The first-order valence-corrected chi connectivity index (χ1v) is 7.48. The van der Waals surface area contributed by atoms with Gasteiger partial charge < -0.3 is 14.4 Å². The summed E-state index contributed by atoms with van der Waals surface area (Å²) in [4.78, 5) is 4.31. The van der Waals surface area contributed by atoms with E-state index in [1.807, 2.05) is 41.8 Å². The number of nitrogens with zero attached hydrogens (tertiary/aromatic N) is 2. The molecule has 0 fully saturated rings. The van der Waals surface area contributed by atoms with Gasteiger partial charge in [0, 0.05) is 5.02 Å². The van der Waals surface area contributed by atoms with Gasteiger partial charge >= 0.3 is 0 Å². The molecular weight excluding hydrogens is 300 g/mol. The summed E-state index contributed by atoms with van der Waals surface area (Å²) in [5.74, 6) is 0.705. The number of aromatic nitrogens is 2. The quantitative estimate of drug-likeness (QED) is 0.784. The van der Waals surface area contributed by atoms with E-state index in [-0.39, 0.29) is 6.61 Å². The van der Waals surface area contributed by atoms with Crippen LogP contribution in [0.5, 0.6) is 5.75 Å². The number of halogens is 1. The van der Waals surface area contributed by atoms with Crippen LogP contribution in [-0.4, -0.2) is 27.4 Å². The lowest BCUT2D eigenvalue weighted by Crippen LogP contribution is -2.23. The maximum absolute atomic E-state index is 10.2. The number of aryl methyl sites for hydroxylation is 1. The van der Waals surface area contributed by atoms with Crippen LogP contribution in [-0.2, 0) is 6.54 Å². The van der Waals surface area contributed by atoms with E-state index in [0.717, 1.165) is 16.6 Å². The van der Waals surface area contributed by atoms with Crippen LogP contribution in [0.4, 0.5) is 0 Å². The van der Waals surface area contributed by atoms with Gasteiger partial charge in [-0.05, 0) is 42.8 Å². The second-order valence-corrected chi connectivity index (χ2v) is 5.67. The van der Waals surface area contributed by atoms with Gasteiger partial charge in [-0.15, -0.1) is 0 Å². The Labute approximate surface area is 133 Å². The minimum atomic E-state index is -0.617. The number of hydrogen-bond acceptors (Lipinski definition) is 3. The van der Waals surface area contributed by atoms with Crippen LogP contribution in [0.25, 0.3) is 11.0 Å². The van der Waals surface area contributed by atoms with Gasteiger partial charge in [-0.2, -0.15) is 0 Å². The van der Waals surface area contributed by atoms with Gasteiger partial charge in [0.1, 0.15) is 18.5 Å². The van der Waals surface area contributed by atoms with Crippen LogP contribution in [0.1, 0.15) is 5.56 Å². The maximum Gasteiger partial charge on any atom is 0.119 e. The van der Waals surface area contributed by atoms with Gasteiger partial charge in [0.15, 0.2) is 0 Å². The third-order valence-electron chi connectivity index (χ3n) is 3.51. The average Bonchev–Trinajstić information content (AvgIpc) is 2.92. The zero-order chi connectivity index (χ0) is 15.5. The van der Waals surface area contributed by atoms with Crippen molar-refractivity contribution in [2.75, 3.05) is 6.61 Å². The minimum absolute atomic E-state index is 0.216. The summed E-state index contributed by atoms with van der Waals surface area (Å²) in [7, 11) is 0. The summed E-state index contributed by atoms with van der Waals surface area (Å²) in [5.41, 5.74) is 2.88. The smallest absolute Gasteiger partial charge is 0.119 e. The molecule has 0 saturated carbocycles. The zero-order valence-electron chi connectivity index (χ0n) is 12.2. The molecule has 0 amide bonds. The van der Waals surface area contributed by atoms with Crippen LogP contribution >= 0.6 is 11.6 Å². The second kappa shape index (κ2) is 6.38. The normalized spacial score (nSPS) is 12.5. The van der Waals surface area contributed by atoms with Crippen molar-refractivity contribution in [2.45, 2.75) is 19.6 Å². The Morgan fingerprint density at radius 2 is 2.09 bits per heavy atom. The van der Waals surface area contributed by atoms with Gasteiger partial charge in [0.2, 0.25) is 0 Å². The average molecular weight is 317 g/mol. The molecule has 3 aromatic rings. The molecule has 0 radical (unpaired) electrons. The number of aliphatic hydroxyl groups is 1. The number of para-hydroxylation sites is 2. The van der Waals surface area contributed by atoms with Crippen molar-refractivity contribution in [2.24, 2.45) is 0 Å². The van der Waals surface area contributed by atoms with Crippen LogP contribution in [0.15, 0.2) is 48.8 Å². The molecule has 5 heteroatoms. The summed E-state index contributed by atoms with van der Waals surface area (Å²) < 4.78 is 7.55. The molecule has 0 bridgehead atoms. The van der Waals surface area contributed by atoms with Gasteiger partial charge in [-0.1, -0.05) is 23.7 Å². The SMILES string of the molecule is Cc1cc(OC[C@H](O)Cn2cnc3ccccc32)ccc1Cl. The number of aliphatic hydroxyl groups excluding tert-OH is 1. The van der Waals surface area contributed by atoms with E-state index in [2.05, 4.69) is 4.98 Å². The maximum atomic E-state index is 10.2. The highest BCUT2D eigenvalue weighted by molar-refractivity contribution is 6.31. The third-order valence-corrected chi connectivity index (χ3v) is 3.93. The fraction of sp³-hybridized carbons (Fsp3) is 0.235. The molecule has 0 aliphatic carbocycles. The molecule has 0 aliphatic rings. The predicted molar refractivity (Wildman–Crippen MR) is 87.4 cm³/mol. The molecule has 3 rings (SSSR count). The molecular formula is C17H17ClN2O2. The van der Waals surface area contributed by atoms with E-state index in [0.29, 0.717) is 17.3 Å². The van der Waals surface area contributed by atoms with Crippen molar-refractivity contribution in [3.8, 4) is 5.75 Å². The molecule has 0 unspecified atom stereocenters. The zero-order valence-corrected chi connectivity index (χ0v) is 13.0. The van der Waals surface area contributed by atoms with Gasteiger partial charge in [-0.3, -0.25) is 0 Å². The molecule has 0 saturated heterocycles. The lowest BCUT2D eigenvalue weighted by atomic mass is 10.2. The molecule has 1 atom stereocenters. The van der Waals surface area contributed by atoms with Crippen LogP contribution < -0.4 is 4.74 Å². The van der Waals surface area contributed by atoms with E-state index in [1.54, 1.807) is 18.5 Å². The van der Waals surface area contributed by atoms with Crippen molar-refractivity contribution in [1.82, 2.24) is 9.55 Å². The van der Waals surface area contributed by atoms with Gasteiger partial charge in [-0.25, -0.2) is 4.98 Å². The topological polar surface area (TPSA) is 47.3 Å². The molecule has 0 aliphatic heterocycles. The largest absolute Gasteiger partial charge is 0.491 e. The van der Waals surface area contributed by atoms with Crippen molar-refractivity contribution >= 4 is 22.6 Å². The van der Waals surface area contributed by atoms with Gasteiger partial charge in [0.05, 0.1) is 23.9 Å². The lowest BCUT2D eigenvalue weighted by molar-refractivity contribution is 0.0934. The molecule has 2 aromatic carbocycles. The van der Waals surface area contributed by atoms with E-state index < -0.39 is 6.10 Å². The molecule has 1 heterocycles. The molecule has 114 valence electrons. The summed E-state index contributed by atoms with van der Waals surface area (Å²) in [6.45, 7) is 2.57. The second-order valence-electron chi connectivity index (χ2n) is 5.26. The van der Waals surface area contributed by atoms with E-state index in [9.17, 15) is 5.11 Å². The predicted octanol–water partition coefficient (Wildman–Crippen LogP) is 3.44. The summed E-state index contributed by atoms with van der Waals surface area (Å²) in [6.07, 6.45) is 1.12. The fourth-order valence-corrected chi connectivity index (χ4v) is 2.45. The number of imidazole rings is 1. The van der Waals surface area contributed by atoms with Gasteiger partial charge in [0.25, 0.3) is 0 Å². The Hall–Kier alpha value is -2.04.